The molecule has 1 atom stereocenters. The molecule has 1 aliphatic heterocycles. The van der Waals surface area contributed by atoms with Gasteiger partial charge in [0.1, 0.15) is 6.04 Å². The number of piperazine rings is 1. The summed E-state index contributed by atoms with van der Waals surface area (Å²) in [5.74, 6) is -0.107. The van der Waals surface area contributed by atoms with Crippen molar-refractivity contribution in [2.24, 2.45) is 0 Å². The summed E-state index contributed by atoms with van der Waals surface area (Å²) in [5, 5.41) is 3.11. The van der Waals surface area contributed by atoms with Crippen LogP contribution in [0.3, 0.4) is 0 Å². The van der Waals surface area contributed by atoms with Gasteiger partial charge in [0.2, 0.25) is 12.3 Å². The van der Waals surface area contributed by atoms with E-state index in [0.29, 0.717) is 13.0 Å². The van der Waals surface area contributed by atoms with Crippen molar-refractivity contribution < 1.29 is 9.59 Å². The van der Waals surface area contributed by atoms with Crippen molar-refractivity contribution in [2.75, 3.05) is 51.2 Å². The molecule has 0 aliphatic carbocycles. The maximum atomic E-state index is 13.5. The van der Waals surface area contributed by atoms with E-state index in [-0.39, 0.29) is 5.91 Å². The van der Waals surface area contributed by atoms with E-state index < -0.39 is 6.04 Å². The molecule has 4 rings (SSSR count). The maximum absolute atomic E-state index is 13.5. The lowest BCUT2D eigenvalue weighted by atomic mass is 10.0. The quantitative estimate of drug-likeness (QED) is 0.383. The summed E-state index contributed by atoms with van der Waals surface area (Å²) in [6.45, 7) is 5.67. The first-order valence-corrected chi connectivity index (χ1v) is 13.3. The minimum atomic E-state index is -0.578. The molecular formula is C31H38N4O2. The van der Waals surface area contributed by atoms with E-state index in [1.165, 1.54) is 5.56 Å². The van der Waals surface area contributed by atoms with E-state index in [2.05, 4.69) is 34.3 Å². The lowest BCUT2D eigenvalue weighted by Crippen LogP contribution is -2.48. The highest BCUT2D eigenvalue weighted by molar-refractivity contribution is 5.95. The molecule has 1 heterocycles. The molecule has 1 aliphatic rings. The van der Waals surface area contributed by atoms with Gasteiger partial charge in [0.15, 0.2) is 0 Å². The molecule has 0 radical (unpaired) electrons. The van der Waals surface area contributed by atoms with E-state index in [0.717, 1.165) is 68.8 Å². The first-order valence-electron chi connectivity index (χ1n) is 13.3. The summed E-state index contributed by atoms with van der Waals surface area (Å²) >= 11 is 0. The summed E-state index contributed by atoms with van der Waals surface area (Å²) < 4.78 is 0. The number of rotatable bonds is 12. The predicted octanol–water partition coefficient (Wildman–Crippen LogP) is 4.07. The van der Waals surface area contributed by atoms with E-state index in [1.54, 1.807) is 4.90 Å². The van der Waals surface area contributed by atoms with Gasteiger partial charge >= 0.3 is 0 Å². The average molecular weight is 499 g/mol. The third kappa shape index (κ3) is 7.51. The molecule has 3 aromatic carbocycles. The number of carbonyl (C=O) groups is 2. The van der Waals surface area contributed by atoms with Crippen LogP contribution in [0, 0.1) is 0 Å². The van der Waals surface area contributed by atoms with Crippen molar-refractivity contribution in [2.45, 2.75) is 25.3 Å². The molecule has 37 heavy (non-hydrogen) atoms. The Morgan fingerprint density at radius 3 is 2.27 bits per heavy atom. The first-order chi connectivity index (χ1) is 18.2. The van der Waals surface area contributed by atoms with Crippen molar-refractivity contribution in [3.8, 4) is 11.1 Å². The molecule has 0 aromatic heterocycles. The molecule has 1 saturated heterocycles. The van der Waals surface area contributed by atoms with Crippen LogP contribution in [-0.2, 0) is 16.0 Å². The van der Waals surface area contributed by atoms with Crippen LogP contribution in [0.4, 0.5) is 5.69 Å². The fourth-order valence-corrected chi connectivity index (χ4v) is 4.93. The van der Waals surface area contributed by atoms with Crippen LogP contribution in [0.1, 0.15) is 18.4 Å². The van der Waals surface area contributed by atoms with E-state index in [9.17, 15) is 9.59 Å². The van der Waals surface area contributed by atoms with Crippen LogP contribution in [0.5, 0.6) is 0 Å². The molecule has 0 bridgehead atoms. The molecular weight excluding hydrogens is 460 g/mol. The number of benzene rings is 3. The Morgan fingerprint density at radius 1 is 0.919 bits per heavy atom. The number of amides is 2. The van der Waals surface area contributed by atoms with Crippen molar-refractivity contribution in [1.82, 2.24) is 15.1 Å². The van der Waals surface area contributed by atoms with Gasteiger partial charge in [-0.25, -0.2) is 0 Å². The summed E-state index contributed by atoms with van der Waals surface area (Å²) in [5.41, 5.74) is 3.89. The van der Waals surface area contributed by atoms with Crippen molar-refractivity contribution in [3.05, 3.63) is 90.5 Å². The minimum absolute atomic E-state index is 0.107. The molecule has 3 aromatic rings. The number of hydrogen-bond acceptors (Lipinski definition) is 4. The van der Waals surface area contributed by atoms with Gasteiger partial charge in [0.25, 0.3) is 0 Å². The van der Waals surface area contributed by atoms with Crippen LogP contribution in [0.2, 0.25) is 0 Å². The van der Waals surface area contributed by atoms with Crippen LogP contribution in [0.15, 0.2) is 84.9 Å². The van der Waals surface area contributed by atoms with Gasteiger partial charge in [-0.2, -0.15) is 0 Å². The molecule has 194 valence electrons. The highest BCUT2D eigenvalue weighted by Crippen LogP contribution is 2.32. The zero-order valence-corrected chi connectivity index (χ0v) is 21.8. The lowest BCUT2D eigenvalue weighted by molar-refractivity contribution is -0.124. The second-order valence-electron chi connectivity index (χ2n) is 9.73. The Hall–Kier alpha value is -3.48. The maximum Gasteiger partial charge on any atom is 0.243 e. The first kappa shape index (κ1) is 26.6. The van der Waals surface area contributed by atoms with Gasteiger partial charge in [-0.15, -0.1) is 0 Å². The second-order valence-corrected chi connectivity index (χ2v) is 9.73. The highest BCUT2D eigenvalue weighted by atomic mass is 16.2. The molecule has 0 unspecified atom stereocenters. The van der Waals surface area contributed by atoms with Gasteiger partial charge < -0.3 is 20.0 Å². The summed E-state index contributed by atoms with van der Waals surface area (Å²) in [6, 6.07) is 27.4. The van der Waals surface area contributed by atoms with Gasteiger partial charge in [0.05, 0.1) is 5.69 Å². The third-order valence-corrected chi connectivity index (χ3v) is 7.12. The predicted molar refractivity (Wildman–Crippen MR) is 151 cm³/mol. The van der Waals surface area contributed by atoms with Gasteiger partial charge in [-0.3, -0.25) is 9.59 Å². The van der Waals surface area contributed by atoms with Crippen LogP contribution in [-0.4, -0.2) is 74.5 Å². The second kappa shape index (κ2) is 13.7. The number of nitrogens with zero attached hydrogens (tertiary/aromatic N) is 3. The molecule has 0 spiro atoms. The normalized spacial score (nSPS) is 15.2. The number of carbonyl (C=O) groups excluding carboxylic acids is 2. The molecule has 6 heteroatoms. The van der Waals surface area contributed by atoms with Gasteiger partial charge in [-0.1, -0.05) is 78.9 Å². The number of anilines is 1. The summed E-state index contributed by atoms with van der Waals surface area (Å²) in [6.07, 6.45) is 3.02. The Labute approximate surface area is 220 Å². The topological polar surface area (TPSA) is 55.9 Å². The molecule has 2 amide bonds. The average Bonchev–Trinajstić information content (AvgIpc) is 2.95. The van der Waals surface area contributed by atoms with E-state index in [1.807, 2.05) is 72.8 Å². The summed E-state index contributed by atoms with van der Waals surface area (Å²) in [4.78, 5) is 32.5. The largest absolute Gasteiger partial charge is 0.354 e. The minimum Gasteiger partial charge on any atom is -0.354 e. The van der Waals surface area contributed by atoms with Crippen LogP contribution in [0.25, 0.3) is 11.1 Å². The van der Waals surface area contributed by atoms with Crippen molar-refractivity contribution >= 4 is 18.0 Å². The van der Waals surface area contributed by atoms with E-state index in [4.69, 9.17) is 0 Å². The molecule has 1 N–H and O–H groups in total. The Bertz CT molecular complexity index is 1110. The molecule has 0 saturated carbocycles. The fourth-order valence-electron chi connectivity index (χ4n) is 4.93. The van der Waals surface area contributed by atoms with Crippen molar-refractivity contribution in [3.63, 3.8) is 0 Å². The Morgan fingerprint density at radius 2 is 1.57 bits per heavy atom. The summed E-state index contributed by atoms with van der Waals surface area (Å²) in [7, 11) is 2.15. The fraction of sp³-hybridized carbons (Fsp3) is 0.355. The standard InChI is InChI=1S/C31H38N4O2/c1-33-21-23-34(24-22-33)20-10-17-30(31(37)32-19-18-26-11-4-2-5-12-26)35(25-36)29-16-9-8-15-28(29)27-13-6-3-7-14-27/h2-9,11-16,25,30H,10,17-24H2,1H3,(H,32,37)/t30-/m0/s1. The zero-order chi connectivity index (χ0) is 25.9. The smallest absolute Gasteiger partial charge is 0.243 e. The van der Waals surface area contributed by atoms with Gasteiger partial charge in [-0.05, 0) is 50.0 Å². The lowest BCUT2D eigenvalue weighted by Gasteiger charge is -2.33. The monoisotopic (exact) mass is 498 g/mol. The molecule has 6 nitrogen and oxygen atoms in total. The number of hydrogen-bond donors (Lipinski definition) is 1. The zero-order valence-electron chi connectivity index (χ0n) is 21.8. The Balaban J connectivity index is 1.50. The molecule has 1 fully saturated rings. The number of likely N-dealkylation sites (N-methyl/N-ethyl adjacent to an activating group) is 1. The number of nitrogens with one attached hydrogen (secondary N) is 1. The third-order valence-electron chi connectivity index (χ3n) is 7.12. The van der Waals surface area contributed by atoms with Crippen LogP contribution < -0.4 is 10.2 Å². The van der Waals surface area contributed by atoms with Crippen molar-refractivity contribution in [1.29, 1.82) is 0 Å². The van der Waals surface area contributed by atoms with Gasteiger partial charge in [0, 0.05) is 38.3 Å². The highest BCUT2D eigenvalue weighted by Gasteiger charge is 2.28. The SMILES string of the molecule is CN1CCN(CCC[C@@H](C(=O)NCCc2ccccc2)N(C=O)c2ccccc2-c2ccccc2)CC1. The van der Waals surface area contributed by atoms with E-state index >= 15 is 0 Å². The van der Waals surface area contributed by atoms with Crippen LogP contribution >= 0.6 is 0 Å². The number of para-hydroxylation sites is 1. The Kier molecular flexibility index (Phi) is 9.86.